The minimum absolute atomic E-state index is 0.219. The topological polar surface area (TPSA) is 67.0 Å². The molecule has 2 aromatic rings. The maximum Gasteiger partial charge on any atom is 0.256 e. The van der Waals surface area contributed by atoms with E-state index in [9.17, 15) is 4.79 Å². The first-order chi connectivity index (χ1) is 9.63. The first-order valence-electron chi connectivity index (χ1n) is 6.08. The molecule has 1 amide bonds. The number of nitrogens with one attached hydrogen (secondary N) is 2. The third-order valence-electron chi connectivity index (χ3n) is 3.04. The molecule has 1 aliphatic heterocycles. The van der Waals surface area contributed by atoms with E-state index in [1.165, 1.54) is 0 Å². The van der Waals surface area contributed by atoms with Crippen LogP contribution in [0.2, 0.25) is 5.02 Å². The Labute approximate surface area is 120 Å². The van der Waals surface area contributed by atoms with Crippen LogP contribution in [0.5, 0.6) is 5.75 Å². The smallest absolute Gasteiger partial charge is 0.256 e. The molecule has 0 bridgehead atoms. The fourth-order valence-corrected chi connectivity index (χ4v) is 2.13. The number of carbonyl (C=O) groups is 1. The highest BCUT2D eigenvalue weighted by Crippen LogP contribution is 2.29. The third kappa shape index (κ3) is 2.40. The summed E-state index contributed by atoms with van der Waals surface area (Å²) >= 11 is 5.94. The lowest BCUT2D eigenvalue weighted by atomic mass is 10.1. The number of aromatic nitrogens is 2. The zero-order chi connectivity index (χ0) is 14.1. The average molecular weight is 290 g/mol. The van der Waals surface area contributed by atoms with Gasteiger partial charge in [0.05, 0.1) is 11.8 Å². The number of H-pyrrole nitrogens is 1. The van der Waals surface area contributed by atoms with Crippen molar-refractivity contribution in [2.24, 2.45) is 0 Å². The second-order valence-corrected chi connectivity index (χ2v) is 4.96. The van der Waals surface area contributed by atoms with E-state index in [4.69, 9.17) is 16.3 Å². The number of anilines is 1. The normalized spacial score (nSPS) is 13.2. The summed E-state index contributed by atoms with van der Waals surface area (Å²) in [5.74, 6) is 1.10. The van der Waals surface area contributed by atoms with Crippen LogP contribution < -0.4 is 10.1 Å². The lowest BCUT2D eigenvalue weighted by Gasteiger charge is -2.17. The summed E-state index contributed by atoms with van der Waals surface area (Å²) in [5, 5.41) is 9.97. The van der Waals surface area contributed by atoms with Gasteiger partial charge < -0.3 is 10.1 Å². The molecule has 0 aliphatic carbocycles. The average Bonchev–Trinajstić information content (AvgIpc) is 2.83. The first kappa shape index (κ1) is 12.7. The fourth-order valence-electron chi connectivity index (χ4n) is 1.95. The third-order valence-corrected chi connectivity index (χ3v) is 3.28. The molecule has 0 saturated carbocycles. The summed E-state index contributed by atoms with van der Waals surface area (Å²) in [6.45, 7) is 2.09. The number of aromatic amines is 1. The van der Waals surface area contributed by atoms with Gasteiger partial charge in [0.1, 0.15) is 18.2 Å². The van der Waals surface area contributed by atoms with Crippen molar-refractivity contribution in [2.45, 2.75) is 6.92 Å². The van der Waals surface area contributed by atoms with Crippen molar-refractivity contribution in [3.05, 3.63) is 46.1 Å². The number of amides is 1. The minimum Gasteiger partial charge on any atom is -0.488 e. The molecular weight excluding hydrogens is 278 g/mol. The van der Waals surface area contributed by atoms with E-state index >= 15 is 0 Å². The molecular formula is C14H12ClN3O2. The zero-order valence-corrected chi connectivity index (χ0v) is 11.5. The van der Waals surface area contributed by atoms with Crippen LogP contribution in [0.3, 0.4) is 0 Å². The number of aryl methyl sites for hydroxylation is 1. The highest BCUT2D eigenvalue weighted by Gasteiger charge is 2.18. The van der Waals surface area contributed by atoms with Crippen LogP contribution in [0.15, 0.2) is 30.0 Å². The Balaban J connectivity index is 1.84. The second kappa shape index (κ2) is 5.02. The van der Waals surface area contributed by atoms with Crippen LogP contribution in [0.25, 0.3) is 6.08 Å². The Morgan fingerprint density at radius 2 is 2.35 bits per heavy atom. The van der Waals surface area contributed by atoms with Crippen LogP contribution in [-0.4, -0.2) is 22.7 Å². The van der Waals surface area contributed by atoms with Crippen LogP contribution in [0.1, 0.15) is 11.1 Å². The van der Waals surface area contributed by atoms with Gasteiger partial charge in [0, 0.05) is 16.1 Å². The quantitative estimate of drug-likeness (QED) is 0.893. The van der Waals surface area contributed by atoms with E-state index in [1.807, 2.05) is 6.92 Å². The predicted octanol–water partition coefficient (Wildman–Crippen LogP) is 2.79. The highest BCUT2D eigenvalue weighted by molar-refractivity contribution is 6.30. The number of hydrogen-bond donors (Lipinski definition) is 2. The monoisotopic (exact) mass is 289 g/mol. The number of rotatable bonds is 2. The number of nitrogens with zero attached hydrogens (tertiary/aromatic N) is 1. The molecule has 0 unspecified atom stereocenters. The summed E-state index contributed by atoms with van der Waals surface area (Å²) in [7, 11) is 0. The number of carbonyl (C=O) groups excluding carboxylic acids is 1. The molecule has 1 aromatic heterocycles. The molecule has 1 aliphatic rings. The van der Waals surface area contributed by atoms with Gasteiger partial charge in [0.2, 0.25) is 0 Å². The fraction of sp³-hybridized carbons (Fsp3) is 0.143. The summed E-state index contributed by atoms with van der Waals surface area (Å²) in [6, 6.07) is 5.32. The van der Waals surface area contributed by atoms with Gasteiger partial charge in [0.15, 0.2) is 0 Å². The summed E-state index contributed by atoms with van der Waals surface area (Å²) in [5.41, 5.74) is 2.21. The van der Waals surface area contributed by atoms with Gasteiger partial charge in [-0.25, -0.2) is 0 Å². The van der Waals surface area contributed by atoms with Crippen molar-refractivity contribution in [2.75, 3.05) is 11.9 Å². The van der Waals surface area contributed by atoms with Crippen LogP contribution in [0, 0.1) is 6.92 Å². The number of hydrogen-bond acceptors (Lipinski definition) is 3. The largest absolute Gasteiger partial charge is 0.488 e. The Morgan fingerprint density at radius 3 is 3.10 bits per heavy atom. The van der Waals surface area contributed by atoms with Crippen molar-refractivity contribution in [3.63, 3.8) is 0 Å². The van der Waals surface area contributed by atoms with Crippen LogP contribution in [-0.2, 0) is 4.79 Å². The molecule has 0 spiro atoms. The molecule has 2 heterocycles. The van der Waals surface area contributed by atoms with Crippen LogP contribution in [0.4, 0.5) is 5.82 Å². The lowest BCUT2D eigenvalue weighted by molar-refractivity contribution is -0.113. The molecule has 102 valence electrons. The van der Waals surface area contributed by atoms with Crippen molar-refractivity contribution in [3.8, 4) is 5.75 Å². The molecule has 0 radical (unpaired) electrons. The minimum atomic E-state index is -0.219. The zero-order valence-electron chi connectivity index (χ0n) is 10.7. The lowest BCUT2D eigenvalue weighted by Crippen LogP contribution is -2.21. The van der Waals surface area contributed by atoms with Crippen molar-refractivity contribution in [1.29, 1.82) is 0 Å². The molecule has 3 rings (SSSR count). The number of fused-ring (bicyclic) bond motifs is 1. The Bertz CT molecular complexity index is 706. The van der Waals surface area contributed by atoms with E-state index in [0.717, 1.165) is 16.9 Å². The summed E-state index contributed by atoms with van der Waals surface area (Å²) in [6.07, 6.45) is 3.43. The number of benzene rings is 1. The van der Waals surface area contributed by atoms with Crippen molar-refractivity contribution in [1.82, 2.24) is 10.2 Å². The molecule has 20 heavy (non-hydrogen) atoms. The summed E-state index contributed by atoms with van der Waals surface area (Å²) < 4.78 is 5.55. The predicted molar refractivity (Wildman–Crippen MR) is 76.9 cm³/mol. The van der Waals surface area contributed by atoms with Gasteiger partial charge in [0.25, 0.3) is 5.91 Å². The van der Waals surface area contributed by atoms with E-state index in [2.05, 4.69) is 15.5 Å². The molecule has 1 aromatic carbocycles. The standard InChI is InChI=1S/C14H12ClN3O2/c1-8-6-16-18-13(8)17-14(19)10-4-9-5-11(15)2-3-12(9)20-7-10/h2-6H,7H2,1H3,(H2,16,17,18,19). The van der Waals surface area contributed by atoms with E-state index < -0.39 is 0 Å². The molecule has 6 heteroatoms. The van der Waals surface area contributed by atoms with E-state index in [1.54, 1.807) is 30.5 Å². The molecule has 5 nitrogen and oxygen atoms in total. The Kier molecular flexibility index (Phi) is 3.20. The molecule has 0 fully saturated rings. The maximum atomic E-state index is 12.2. The molecule has 0 saturated heterocycles. The SMILES string of the molecule is Cc1cn[nH]c1NC(=O)C1=Cc2cc(Cl)ccc2OC1. The van der Waals surface area contributed by atoms with Gasteiger partial charge >= 0.3 is 0 Å². The molecule has 2 N–H and O–H groups in total. The second-order valence-electron chi connectivity index (χ2n) is 4.52. The van der Waals surface area contributed by atoms with E-state index in [0.29, 0.717) is 16.4 Å². The van der Waals surface area contributed by atoms with Crippen molar-refractivity contribution < 1.29 is 9.53 Å². The Hall–Kier alpha value is -2.27. The van der Waals surface area contributed by atoms with Gasteiger partial charge in [-0.1, -0.05) is 11.6 Å². The number of ether oxygens (including phenoxy) is 1. The van der Waals surface area contributed by atoms with Gasteiger partial charge in [-0.05, 0) is 31.2 Å². The van der Waals surface area contributed by atoms with Crippen molar-refractivity contribution >= 4 is 29.4 Å². The van der Waals surface area contributed by atoms with E-state index in [-0.39, 0.29) is 12.5 Å². The van der Waals surface area contributed by atoms with Gasteiger partial charge in [-0.2, -0.15) is 5.10 Å². The molecule has 0 atom stereocenters. The highest BCUT2D eigenvalue weighted by atomic mass is 35.5. The summed E-state index contributed by atoms with van der Waals surface area (Å²) in [4.78, 5) is 12.2. The van der Waals surface area contributed by atoms with Gasteiger partial charge in [-0.15, -0.1) is 0 Å². The van der Waals surface area contributed by atoms with Crippen LogP contribution >= 0.6 is 11.6 Å². The Morgan fingerprint density at radius 1 is 1.50 bits per heavy atom. The first-order valence-corrected chi connectivity index (χ1v) is 6.45. The maximum absolute atomic E-state index is 12.2. The van der Waals surface area contributed by atoms with Gasteiger partial charge in [-0.3, -0.25) is 9.89 Å². The number of halogens is 1.